The van der Waals surface area contributed by atoms with E-state index in [9.17, 15) is 4.39 Å². The van der Waals surface area contributed by atoms with Crippen LogP contribution in [0.25, 0.3) is 0 Å². The van der Waals surface area contributed by atoms with E-state index in [2.05, 4.69) is 17.4 Å². The number of hydrogen-bond acceptors (Lipinski definition) is 2. The van der Waals surface area contributed by atoms with Crippen molar-refractivity contribution in [3.05, 3.63) is 65.5 Å². The van der Waals surface area contributed by atoms with Gasteiger partial charge in [-0.3, -0.25) is 0 Å². The summed E-state index contributed by atoms with van der Waals surface area (Å²) in [5, 5.41) is 3.18. The van der Waals surface area contributed by atoms with Gasteiger partial charge >= 0.3 is 0 Å². The highest BCUT2D eigenvalue weighted by Gasteiger charge is 2.02. The molecule has 0 spiro atoms. The Hall–Kier alpha value is -1.87. The van der Waals surface area contributed by atoms with Crippen LogP contribution in [0.1, 0.15) is 18.1 Å². The van der Waals surface area contributed by atoms with Crippen molar-refractivity contribution in [2.24, 2.45) is 0 Å². The molecule has 0 saturated heterocycles. The zero-order valence-corrected chi connectivity index (χ0v) is 11.7. The average molecular weight is 273 g/mol. The van der Waals surface area contributed by atoms with Crippen LogP contribution in [-0.4, -0.2) is 13.2 Å². The van der Waals surface area contributed by atoms with Crippen LogP contribution in [0.15, 0.2) is 48.5 Å². The van der Waals surface area contributed by atoms with Gasteiger partial charge in [-0.25, -0.2) is 4.39 Å². The predicted octanol–water partition coefficient (Wildman–Crippen LogP) is 3.56. The largest absolute Gasteiger partial charge is 0.493 e. The molecule has 0 bridgehead atoms. The second-order valence-corrected chi connectivity index (χ2v) is 4.66. The molecule has 0 saturated carbocycles. The summed E-state index contributed by atoms with van der Waals surface area (Å²) in [7, 11) is 0. The zero-order chi connectivity index (χ0) is 14.2. The lowest BCUT2D eigenvalue weighted by molar-refractivity contribution is 0.320. The van der Waals surface area contributed by atoms with E-state index in [1.54, 1.807) is 0 Å². The monoisotopic (exact) mass is 273 g/mol. The summed E-state index contributed by atoms with van der Waals surface area (Å²) < 4.78 is 19.1. The predicted molar refractivity (Wildman–Crippen MR) is 79.4 cm³/mol. The van der Waals surface area contributed by atoms with Gasteiger partial charge in [0.2, 0.25) is 0 Å². The van der Waals surface area contributed by atoms with Gasteiger partial charge in [-0.15, -0.1) is 0 Å². The van der Waals surface area contributed by atoms with Crippen molar-refractivity contribution in [1.29, 1.82) is 0 Å². The van der Waals surface area contributed by atoms with Crippen LogP contribution in [0.2, 0.25) is 0 Å². The number of rotatable bonds is 7. The molecule has 0 aliphatic heterocycles. The molecular formula is C17H20FNO. The summed E-state index contributed by atoms with van der Waals surface area (Å²) in [5.74, 6) is 0.337. The standard InChI is InChI=1S/C17H20FNO/c1-2-19-13-15-10-16(18)12-17(11-15)20-9-8-14-6-4-3-5-7-14/h3-7,10-12,19H,2,8-9,13H2,1H3. The lowest BCUT2D eigenvalue weighted by atomic mass is 10.2. The van der Waals surface area contributed by atoms with E-state index in [1.807, 2.05) is 31.2 Å². The van der Waals surface area contributed by atoms with Crippen LogP contribution >= 0.6 is 0 Å². The first-order valence-corrected chi connectivity index (χ1v) is 6.95. The first-order chi connectivity index (χ1) is 9.78. The number of halogens is 1. The normalized spacial score (nSPS) is 10.5. The van der Waals surface area contributed by atoms with Gasteiger partial charge in [0, 0.05) is 19.0 Å². The van der Waals surface area contributed by atoms with Crippen molar-refractivity contribution in [2.75, 3.05) is 13.2 Å². The smallest absolute Gasteiger partial charge is 0.127 e. The molecule has 1 N–H and O–H groups in total. The Morgan fingerprint density at radius 1 is 1.05 bits per heavy atom. The van der Waals surface area contributed by atoms with Crippen LogP contribution in [0.4, 0.5) is 4.39 Å². The summed E-state index contributed by atoms with van der Waals surface area (Å²) in [6.07, 6.45) is 0.819. The second-order valence-electron chi connectivity index (χ2n) is 4.66. The molecule has 2 aromatic rings. The molecule has 2 nitrogen and oxygen atoms in total. The van der Waals surface area contributed by atoms with Gasteiger partial charge in [0.1, 0.15) is 11.6 Å². The summed E-state index contributed by atoms with van der Waals surface area (Å²) >= 11 is 0. The fourth-order valence-electron chi connectivity index (χ4n) is 2.01. The molecule has 0 aliphatic rings. The number of ether oxygens (including phenoxy) is 1. The van der Waals surface area contributed by atoms with Crippen molar-refractivity contribution in [3.63, 3.8) is 0 Å². The topological polar surface area (TPSA) is 21.3 Å². The van der Waals surface area contributed by atoms with Crippen LogP contribution in [0.3, 0.4) is 0 Å². The Bertz CT molecular complexity index is 528. The molecular weight excluding hydrogens is 253 g/mol. The molecule has 0 atom stereocenters. The van der Waals surface area contributed by atoms with Gasteiger partial charge in [-0.1, -0.05) is 37.3 Å². The Kier molecular flexibility index (Phi) is 5.56. The fourth-order valence-corrected chi connectivity index (χ4v) is 2.01. The van der Waals surface area contributed by atoms with E-state index in [0.717, 1.165) is 18.5 Å². The quantitative estimate of drug-likeness (QED) is 0.833. The van der Waals surface area contributed by atoms with Gasteiger partial charge in [-0.2, -0.15) is 0 Å². The van der Waals surface area contributed by atoms with Crippen LogP contribution < -0.4 is 10.1 Å². The summed E-state index contributed by atoms with van der Waals surface area (Å²) in [6, 6.07) is 15.0. The Labute approximate surface area is 119 Å². The van der Waals surface area contributed by atoms with E-state index in [1.165, 1.54) is 17.7 Å². The van der Waals surface area contributed by atoms with Gasteiger partial charge < -0.3 is 10.1 Å². The summed E-state index contributed by atoms with van der Waals surface area (Å²) in [4.78, 5) is 0. The van der Waals surface area contributed by atoms with Crippen molar-refractivity contribution >= 4 is 0 Å². The molecule has 2 rings (SSSR count). The minimum Gasteiger partial charge on any atom is -0.493 e. The van der Waals surface area contributed by atoms with Crippen LogP contribution in [0, 0.1) is 5.82 Å². The maximum absolute atomic E-state index is 13.5. The Morgan fingerprint density at radius 3 is 2.60 bits per heavy atom. The molecule has 0 aliphatic carbocycles. The van der Waals surface area contributed by atoms with E-state index in [4.69, 9.17) is 4.74 Å². The highest BCUT2D eigenvalue weighted by Crippen LogP contribution is 2.17. The van der Waals surface area contributed by atoms with Gasteiger partial charge in [0.25, 0.3) is 0 Å². The van der Waals surface area contributed by atoms with E-state index < -0.39 is 0 Å². The highest BCUT2D eigenvalue weighted by molar-refractivity contribution is 5.29. The third-order valence-corrected chi connectivity index (χ3v) is 3.01. The number of benzene rings is 2. The Morgan fingerprint density at radius 2 is 1.85 bits per heavy atom. The minimum atomic E-state index is -0.255. The SMILES string of the molecule is CCNCc1cc(F)cc(OCCc2ccccc2)c1. The second kappa shape index (κ2) is 7.65. The summed E-state index contributed by atoms with van der Waals surface area (Å²) in [6.45, 7) is 4.09. The molecule has 3 heteroatoms. The lowest BCUT2D eigenvalue weighted by Gasteiger charge is -2.09. The van der Waals surface area contributed by atoms with Gasteiger partial charge in [-0.05, 0) is 29.8 Å². The van der Waals surface area contributed by atoms with Crippen molar-refractivity contribution < 1.29 is 9.13 Å². The first kappa shape index (κ1) is 14.5. The van der Waals surface area contributed by atoms with Crippen LogP contribution in [0.5, 0.6) is 5.75 Å². The lowest BCUT2D eigenvalue weighted by Crippen LogP contribution is -2.12. The van der Waals surface area contributed by atoms with E-state index >= 15 is 0 Å². The molecule has 0 aromatic heterocycles. The molecule has 0 heterocycles. The minimum absolute atomic E-state index is 0.255. The molecule has 0 fully saturated rings. The van der Waals surface area contributed by atoms with E-state index in [0.29, 0.717) is 18.9 Å². The molecule has 2 aromatic carbocycles. The maximum atomic E-state index is 13.5. The molecule has 0 amide bonds. The van der Waals surface area contributed by atoms with E-state index in [-0.39, 0.29) is 5.82 Å². The van der Waals surface area contributed by atoms with Gasteiger partial charge in [0.05, 0.1) is 6.61 Å². The Balaban J connectivity index is 1.90. The summed E-state index contributed by atoms with van der Waals surface area (Å²) in [5.41, 5.74) is 2.12. The average Bonchev–Trinajstić information content (AvgIpc) is 2.46. The highest BCUT2D eigenvalue weighted by atomic mass is 19.1. The molecule has 106 valence electrons. The maximum Gasteiger partial charge on any atom is 0.127 e. The van der Waals surface area contributed by atoms with Crippen LogP contribution in [-0.2, 0) is 13.0 Å². The zero-order valence-electron chi connectivity index (χ0n) is 11.7. The number of nitrogens with one attached hydrogen (secondary N) is 1. The first-order valence-electron chi connectivity index (χ1n) is 6.95. The van der Waals surface area contributed by atoms with Crippen molar-refractivity contribution in [2.45, 2.75) is 19.9 Å². The van der Waals surface area contributed by atoms with Crippen molar-refractivity contribution in [3.8, 4) is 5.75 Å². The molecule has 0 unspecified atom stereocenters. The van der Waals surface area contributed by atoms with Gasteiger partial charge in [0.15, 0.2) is 0 Å². The molecule has 20 heavy (non-hydrogen) atoms. The third kappa shape index (κ3) is 4.67. The number of hydrogen-bond donors (Lipinski definition) is 1. The third-order valence-electron chi connectivity index (χ3n) is 3.01. The fraction of sp³-hybridized carbons (Fsp3) is 0.294. The molecule has 0 radical (unpaired) electrons. The van der Waals surface area contributed by atoms with Crippen molar-refractivity contribution in [1.82, 2.24) is 5.32 Å².